The van der Waals surface area contributed by atoms with E-state index in [2.05, 4.69) is 0 Å². The molecule has 0 aromatic heterocycles. The molecule has 88 valence electrons. The first-order valence-electron chi connectivity index (χ1n) is 4.91. The highest BCUT2D eigenvalue weighted by molar-refractivity contribution is 5.73. The van der Waals surface area contributed by atoms with Crippen LogP contribution in [0.2, 0.25) is 0 Å². The first-order chi connectivity index (χ1) is 6.99. The highest BCUT2D eigenvalue weighted by atomic mass is 16.6. The van der Waals surface area contributed by atoms with Crippen molar-refractivity contribution >= 4 is 5.97 Å². The third-order valence-electron chi connectivity index (χ3n) is 2.53. The van der Waals surface area contributed by atoms with E-state index < -0.39 is 36.5 Å². The fraction of sp³-hybridized carbons (Fsp3) is 0.889. The Morgan fingerprint density at radius 1 is 1.20 bits per heavy atom. The highest BCUT2D eigenvalue weighted by Gasteiger charge is 2.46. The summed E-state index contributed by atoms with van der Waals surface area (Å²) in [6, 6.07) is 0. The number of carbonyl (C=O) groups is 1. The van der Waals surface area contributed by atoms with Crippen molar-refractivity contribution in [3.8, 4) is 0 Å². The monoisotopic (exact) mass is 220 g/mol. The normalized spacial score (nSPS) is 41.5. The van der Waals surface area contributed by atoms with E-state index in [0.29, 0.717) is 12.8 Å². The van der Waals surface area contributed by atoms with Crippen LogP contribution in [0, 0.1) is 0 Å². The Morgan fingerprint density at radius 2 is 1.80 bits per heavy atom. The van der Waals surface area contributed by atoms with Gasteiger partial charge >= 0.3 is 5.97 Å². The molecule has 6 nitrogen and oxygen atoms in total. The molecule has 0 aromatic carbocycles. The molecule has 4 N–H and O–H groups in total. The Balaban J connectivity index is 2.75. The average molecular weight is 220 g/mol. The number of ether oxygens (including phenoxy) is 1. The van der Waals surface area contributed by atoms with Crippen LogP contribution in [-0.2, 0) is 9.53 Å². The van der Waals surface area contributed by atoms with Gasteiger partial charge < -0.3 is 25.2 Å². The molecule has 1 saturated heterocycles. The first kappa shape index (κ1) is 12.4. The maximum absolute atomic E-state index is 10.7. The smallest absolute Gasteiger partial charge is 0.335 e. The summed E-state index contributed by atoms with van der Waals surface area (Å²) < 4.78 is 5.02. The van der Waals surface area contributed by atoms with Crippen LogP contribution in [0.5, 0.6) is 0 Å². The lowest BCUT2D eigenvalue weighted by molar-refractivity contribution is -0.228. The van der Waals surface area contributed by atoms with Gasteiger partial charge in [0.2, 0.25) is 0 Å². The predicted molar refractivity (Wildman–Crippen MR) is 49.2 cm³/mol. The maximum Gasteiger partial charge on any atom is 0.335 e. The Hall–Kier alpha value is -0.690. The summed E-state index contributed by atoms with van der Waals surface area (Å²) in [5.41, 5.74) is 0. The van der Waals surface area contributed by atoms with Crippen LogP contribution >= 0.6 is 0 Å². The van der Waals surface area contributed by atoms with Crippen LogP contribution in [0.1, 0.15) is 19.8 Å². The lowest BCUT2D eigenvalue weighted by atomic mass is 9.93. The predicted octanol–water partition coefficient (Wildman–Crippen LogP) is -1.28. The number of aliphatic carboxylic acids is 1. The molecule has 1 fully saturated rings. The van der Waals surface area contributed by atoms with Crippen molar-refractivity contribution in [1.82, 2.24) is 0 Å². The molecule has 1 aliphatic heterocycles. The molecular formula is C9H16O6. The molecule has 0 radical (unpaired) electrons. The van der Waals surface area contributed by atoms with Gasteiger partial charge in [0, 0.05) is 0 Å². The highest BCUT2D eigenvalue weighted by Crippen LogP contribution is 2.24. The summed E-state index contributed by atoms with van der Waals surface area (Å²) in [5, 5.41) is 37.0. The van der Waals surface area contributed by atoms with E-state index in [9.17, 15) is 20.1 Å². The van der Waals surface area contributed by atoms with Crippen molar-refractivity contribution < 1.29 is 30.0 Å². The number of rotatable bonds is 3. The van der Waals surface area contributed by atoms with Crippen LogP contribution in [0.3, 0.4) is 0 Å². The fourth-order valence-electron chi connectivity index (χ4n) is 1.68. The van der Waals surface area contributed by atoms with Crippen LogP contribution in [0.4, 0.5) is 0 Å². The molecule has 5 atom stereocenters. The van der Waals surface area contributed by atoms with Crippen molar-refractivity contribution in [2.24, 2.45) is 0 Å². The Kier molecular flexibility index (Phi) is 4.04. The van der Waals surface area contributed by atoms with Gasteiger partial charge in [0.15, 0.2) is 6.10 Å². The van der Waals surface area contributed by atoms with Crippen LogP contribution in [-0.4, -0.2) is 56.9 Å². The van der Waals surface area contributed by atoms with Gasteiger partial charge in [0.25, 0.3) is 0 Å². The van der Waals surface area contributed by atoms with Gasteiger partial charge in [-0.05, 0) is 6.42 Å². The van der Waals surface area contributed by atoms with Crippen molar-refractivity contribution in [1.29, 1.82) is 0 Å². The van der Waals surface area contributed by atoms with Gasteiger partial charge in [-0.25, -0.2) is 4.79 Å². The van der Waals surface area contributed by atoms with E-state index in [1.54, 1.807) is 0 Å². The third-order valence-corrected chi connectivity index (χ3v) is 2.53. The van der Waals surface area contributed by atoms with E-state index in [0.717, 1.165) is 0 Å². The summed E-state index contributed by atoms with van der Waals surface area (Å²) in [6.45, 7) is 1.85. The molecule has 0 saturated carbocycles. The molecule has 1 rings (SSSR count). The van der Waals surface area contributed by atoms with Gasteiger partial charge in [0.1, 0.15) is 18.3 Å². The molecule has 1 aliphatic rings. The third kappa shape index (κ3) is 2.46. The second-order valence-electron chi connectivity index (χ2n) is 3.69. The second kappa shape index (κ2) is 4.89. The number of hydrogen-bond acceptors (Lipinski definition) is 5. The lowest BCUT2D eigenvalue weighted by Gasteiger charge is -2.38. The zero-order valence-corrected chi connectivity index (χ0v) is 8.41. The van der Waals surface area contributed by atoms with Crippen LogP contribution < -0.4 is 0 Å². The van der Waals surface area contributed by atoms with Crippen molar-refractivity contribution in [3.63, 3.8) is 0 Å². The summed E-state index contributed by atoms with van der Waals surface area (Å²) in [4.78, 5) is 10.7. The molecule has 15 heavy (non-hydrogen) atoms. The number of carboxylic acids is 1. The minimum absolute atomic E-state index is 0.439. The molecule has 0 aromatic rings. The SMILES string of the molecule is CCCC1OC(C(=O)O)C(O)C(O)C1O. The molecule has 0 aliphatic carbocycles. The summed E-state index contributed by atoms with van der Waals surface area (Å²) in [6.07, 6.45) is -5.39. The molecule has 1 heterocycles. The second-order valence-corrected chi connectivity index (χ2v) is 3.69. The van der Waals surface area contributed by atoms with Gasteiger partial charge in [0.05, 0.1) is 6.10 Å². The van der Waals surface area contributed by atoms with E-state index in [4.69, 9.17) is 9.84 Å². The minimum atomic E-state index is -1.59. The maximum atomic E-state index is 10.7. The van der Waals surface area contributed by atoms with E-state index in [1.807, 2.05) is 6.92 Å². The van der Waals surface area contributed by atoms with E-state index in [-0.39, 0.29) is 0 Å². The average Bonchev–Trinajstić information content (AvgIpc) is 2.18. The summed E-state index contributed by atoms with van der Waals surface area (Å²) in [7, 11) is 0. The van der Waals surface area contributed by atoms with Crippen molar-refractivity contribution in [2.75, 3.05) is 0 Å². The van der Waals surface area contributed by atoms with E-state index in [1.165, 1.54) is 0 Å². The van der Waals surface area contributed by atoms with Crippen molar-refractivity contribution in [3.05, 3.63) is 0 Å². The van der Waals surface area contributed by atoms with Gasteiger partial charge in [-0.1, -0.05) is 13.3 Å². The fourth-order valence-corrected chi connectivity index (χ4v) is 1.68. The number of aliphatic hydroxyl groups is 3. The van der Waals surface area contributed by atoms with Gasteiger partial charge in [-0.2, -0.15) is 0 Å². The molecule has 0 bridgehead atoms. The Bertz CT molecular complexity index is 231. The van der Waals surface area contributed by atoms with Crippen LogP contribution in [0.25, 0.3) is 0 Å². The Morgan fingerprint density at radius 3 is 2.27 bits per heavy atom. The number of hydrogen-bond donors (Lipinski definition) is 4. The largest absolute Gasteiger partial charge is 0.479 e. The number of aliphatic hydroxyl groups excluding tert-OH is 3. The van der Waals surface area contributed by atoms with Crippen LogP contribution in [0.15, 0.2) is 0 Å². The van der Waals surface area contributed by atoms with Gasteiger partial charge in [-0.3, -0.25) is 0 Å². The molecular weight excluding hydrogens is 204 g/mol. The zero-order valence-electron chi connectivity index (χ0n) is 8.41. The van der Waals surface area contributed by atoms with Gasteiger partial charge in [-0.15, -0.1) is 0 Å². The summed E-state index contributed by atoms with van der Waals surface area (Å²) in [5.74, 6) is -1.34. The minimum Gasteiger partial charge on any atom is -0.479 e. The van der Waals surface area contributed by atoms with Crippen molar-refractivity contribution in [2.45, 2.75) is 50.3 Å². The standard InChI is InChI=1S/C9H16O6/c1-2-3-4-5(10)6(11)7(12)8(15-4)9(13)14/h4-8,10-12H,2-3H2,1H3,(H,13,14). The number of carboxylic acid groups (broad SMARTS) is 1. The lowest BCUT2D eigenvalue weighted by Crippen LogP contribution is -2.59. The molecule has 6 heteroatoms. The molecule has 5 unspecified atom stereocenters. The summed E-state index contributed by atoms with van der Waals surface area (Å²) >= 11 is 0. The Labute approximate surface area is 87.1 Å². The quantitative estimate of drug-likeness (QED) is 0.472. The van der Waals surface area contributed by atoms with E-state index >= 15 is 0 Å². The topological polar surface area (TPSA) is 107 Å². The zero-order chi connectivity index (χ0) is 11.6. The first-order valence-corrected chi connectivity index (χ1v) is 4.91. The molecule has 0 spiro atoms. The molecule has 0 amide bonds.